The van der Waals surface area contributed by atoms with Gasteiger partial charge < -0.3 is 0 Å². The van der Waals surface area contributed by atoms with Gasteiger partial charge in [0.05, 0.1) is 0 Å². The number of aryl methyl sites for hydroxylation is 1. The molecule has 0 heterocycles. The first-order valence-corrected chi connectivity index (χ1v) is 14.8. The molecule has 0 aliphatic carbocycles. The van der Waals surface area contributed by atoms with Gasteiger partial charge in [-0.1, -0.05) is 0 Å². The van der Waals surface area contributed by atoms with E-state index in [9.17, 15) is 0 Å². The molecular formula is C15H23Cl2OW. The Bertz CT molecular complexity index is 421. The van der Waals surface area contributed by atoms with Gasteiger partial charge in [0.1, 0.15) is 0 Å². The van der Waals surface area contributed by atoms with Crippen molar-refractivity contribution in [3.63, 3.8) is 0 Å². The number of halogens is 2. The quantitative estimate of drug-likeness (QED) is 0.526. The van der Waals surface area contributed by atoms with E-state index in [-0.39, 0.29) is 10.8 Å². The van der Waals surface area contributed by atoms with E-state index in [0.29, 0.717) is 0 Å². The molecule has 0 aromatic heterocycles. The van der Waals surface area contributed by atoms with Gasteiger partial charge >= 0.3 is 132 Å². The third-order valence-corrected chi connectivity index (χ3v) is 5.08. The van der Waals surface area contributed by atoms with E-state index in [2.05, 4.69) is 60.6 Å². The molecule has 0 fully saturated rings. The molecule has 0 atom stereocenters. The van der Waals surface area contributed by atoms with Crippen LogP contribution in [-0.2, 0) is 26.4 Å². The molecule has 0 aliphatic rings. The Morgan fingerprint density at radius 1 is 0.895 bits per heavy atom. The second kappa shape index (κ2) is 5.96. The number of hydrogen-bond acceptors (Lipinski definition) is 1. The summed E-state index contributed by atoms with van der Waals surface area (Å²) in [7, 11) is 12.1. The fraction of sp³-hybridized carbons (Fsp3) is 0.600. The summed E-state index contributed by atoms with van der Waals surface area (Å²) in [6.45, 7) is 15.2. The predicted molar refractivity (Wildman–Crippen MR) is 80.9 cm³/mol. The van der Waals surface area contributed by atoms with Crippen molar-refractivity contribution in [3.8, 4) is 5.75 Å². The summed E-state index contributed by atoms with van der Waals surface area (Å²) < 4.78 is 5.91. The predicted octanol–water partition coefficient (Wildman–Crippen LogP) is 5.81. The molecule has 0 amide bonds. The Hall–Kier alpha value is 0.288. The first kappa shape index (κ1) is 17.3. The summed E-state index contributed by atoms with van der Waals surface area (Å²) in [5.74, 6) is 0.906. The molecule has 1 aromatic carbocycles. The van der Waals surface area contributed by atoms with Gasteiger partial charge in [-0.3, -0.25) is 0 Å². The van der Waals surface area contributed by atoms with Crippen molar-refractivity contribution in [2.45, 2.75) is 59.3 Å². The maximum absolute atomic E-state index is 6.03. The van der Waals surface area contributed by atoms with E-state index in [1.54, 1.807) is 0 Å². The Morgan fingerprint density at radius 2 is 1.26 bits per heavy atom. The summed E-state index contributed by atoms with van der Waals surface area (Å²) in [6, 6.07) is 4.37. The van der Waals surface area contributed by atoms with Crippen molar-refractivity contribution in [2.75, 3.05) is 0 Å². The van der Waals surface area contributed by atoms with Gasteiger partial charge in [0.2, 0.25) is 0 Å². The molecule has 0 saturated carbocycles. The number of rotatable bonds is 2. The van der Waals surface area contributed by atoms with Crippen LogP contribution in [-0.4, -0.2) is 0 Å². The molecule has 0 spiro atoms. The minimum absolute atomic E-state index is 0.00732. The van der Waals surface area contributed by atoms with Crippen molar-refractivity contribution in [3.05, 3.63) is 28.8 Å². The van der Waals surface area contributed by atoms with Crippen molar-refractivity contribution in [1.82, 2.24) is 0 Å². The SMILES string of the molecule is Cc1cc(C(C)(C)C)c([O][W]([Cl])[Cl])c(C(C)(C)C)c1. The Morgan fingerprint density at radius 3 is 1.53 bits per heavy atom. The molecule has 0 unspecified atom stereocenters. The van der Waals surface area contributed by atoms with Crippen LogP contribution < -0.4 is 3.39 Å². The number of hydrogen-bond donors (Lipinski definition) is 0. The van der Waals surface area contributed by atoms with E-state index in [1.165, 1.54) is 16.7 Å². The molecular weight excluding hydrogens is 451 g/mol. The zero-order valence-corrected chi connectivity index (χ0v) is 17.2. The molecule has 1 aromatic rings. The molecule has 0 aliphatic heterocycles. The van der Waals surface area contributed by atoms with E-state index in [1.807, 2.05) is 0 Å². The monoisotopic (exact) mass is 473 g/mol. The first-order chi connectivity index (χ1) is 8.43. The van der Waals surface area contributed by atoms with Crippen LogP contribution in [0.4, 0.5) is 0 Å². The molecule has 109 valence electrons. The standard InChI is InChI=1S/C15H24O.2ClH.W/c1-10-8-11(14(2,3)4)13(16)12(9-10)15(5,6)7;;;/h8-9,16H,1-7H3;2*1H;/q;;;+3/p-3. The van der Waals surface area contributed by atoms with Gasteiger partial charge in [0.25, 0.3) is 0 Å². The third kappa shape index (κ3) is 4.65. The van der Waals surface area contributed by atoms with Crippen molar-refractivity contribution >= 4 is 18.8 Å². The van der Waals surface area contributed by atoms with Crippen molar-refractivity contribution in [2.24, 2.45) is 0 Å². The van der Waals surface area contributed by atoms with E-state index >= 15 is 0 Å². The Labute approximate surface area is 131 Å². The first-order valence-electron chi connectivity index (χ1n) is 6.33. The van der Waals surface area contributed by atoms with Crippen LogP contribution >= 0.6 is 18.8 Å². The summed E-state index contributed by atoms with van der Waals surface area (Å²) in [5, 5.41) is 0. The maximum atomic E-state index is 6.03. The van der Waals surface area contributed by atoms with Gasteiger partial charge in [-0.05, 0) is 0 Å². The van der Waals surface area contributed by atoms with Crippen LogP contribution in [0.5, 0.6) is 5.75 Å². The molecule has 0 bridgehead atoms. The zero-order chi connectivity index (χ0) is 15.0. The van der Waals surface area contributed by atoms with Gasteiger partial charge in [-0.15, -0.1) is 0 Å². The molecule has 1 rings (SSSR count). The second-order valence-electron chi connectivity index (χ2n) is 6.96. The second-order valence-corrected chi connectivity index (χ2v) is 14.8. The van der Waals surface area contributed by atoms with Crippen molar-refractivity contribution in [1.29, 1.82) is 0 Å². The normalized spacial score (nSPS) is 12.9. The van der Waals surface area contributed by atoms with E-state index < -0.39 is 15.6 Å². The fourth-order valence-corrected chi connectivity index (χ4v) is 4.17. The van der Waals surface area contributed by atoms with Gasteiger partial charge in [0.15, 0.2) is 0 Å². The zero-order valence-electron chi connectivity index (χ0n) is 12.7. The molecule has 0 saturated heterocycles. The Kier molecular flexibility index (Phi) is 5.44. The van der Waals surface area contributed by atoms with Crippen LogP contribution in [0.2, 0.25) is 0 Å². The van der Waals surface area contributed by atoms with Crippen LogP contribution in [0, 0.1) is 6.92 Å². The van der Waals surface area contributed by atoms with Crippen LogP contribution in [0.1, 0.15) is 58.2 Å². The Balaban J connectivity index is 3.58. The van der Waals surface area contributed by atoms with Crippen LogP contribution in [0.15, 0.2) is 12.1 Å². The topological polar surface area (TPSA) is 9.23 Å². The van der Waals surface area contributed by atoms with Gasteiger partial charge in [0, 0.05) is 0 Å². The summed E-state index contributed by atoms with van der Waals surface area (Å²) in [6.07, 6.45) is 0. The third-order valence-electron chi connectivity index (χ3n) is 3.00. The summed E-state index contributed by atoms with van der Waals surface area (Å²) in [5.41, 5.74) is 3.64. The molecule has 19 heavy (non-hydrogen) atoms. The molecule has 1 nitrogen and oxygen atoms in total. The van der Waals surface area contributed by atoms with Gasteiger partial charge in [-0.2, -0.15) is 0 Å². The fourth-order valence-electron chi connectivity index (χ4n) is 2.04. The minimum atomic E-state index is -2.69. The summed E-state index contributed by atoms with van der Waals surface area (Å²) >= 11 is -2.69. The van der Waals surface area contributed by atoms with Gasteiger partial charge in [-0.25, -0.2) is 0 Å². The average molecular weight is 474 g/mol. The molecule has 0 N–H and O–H groups in total. The average Bonchev–Trinajstić information content (AvgIpc) is 2.16. The van der Waals surface area contributed by atoms with Crippen LogP contribution in [0.3, 0.4) is 0 Å². The van der Waals surface area contributed by atoms with Crippen molar-refractivity contribution < 1.29 is 19.0 Å². The van der Waals surface area contributed by atoms with E-state index in [0.717, 1.165) is 5.75 Å². The number of benzene rings is 1. The molecule has 0 radical (unpaired) electrons. The summed E-state index contributed by atoms with van der Waals surface area (Å²) in [4.78, 5) is 0. The molecule has 4 heteroatoms. The van der Waals surface area contributed by atoms with Crippen LogP contribution in [0.25, 0.3) is 0 Å². The van der Waals surface area contributed by atoms with E-state index in [4.69, 9.17) is 22.2 Å².